The van der Waals surface area contributed by atoms with Crippen LogP contribution in [0.15, 0.2) is 30.3 Å². The first-order valence-electron chi connectivity index (χ1n) is 6.36. The Kier molecular flexibility index (Phi) is 4.61. The molecule has 19 heavy (non-hydrogen) atoms. The van der Waals surface area contributed by atoms with E-state index in [9.17, 15) is 9.59 Å². The topological polar surface area (TPSA) is 49.4 Å². The van der Waals surface area contributed by atoms with Crippen LogP contribution in [0.3, 0.4) is 0 Å². The summed E-state index contributed by atoms with van der Waals surface area (Å²) in [4.78, 5) is 24.9. The third-order valence-electron chi connectivity index (χ3n) is 3.04. The van der Waals surface area contributed by atoms with Gasteiger partial charge in [-0.2, -0.15) is 0 Å². The van der Waals surface area contributed by atoms with E-state index in [0.29, 0.717) is 5.92 Å². The van der Waals surface area contributed by atoms with Crippen molar-refractivity contribution in [2.24, 2.45) is 5.92 Å². The summed E-state index contributed by atoms with van der Waals surface area (Å²) in [6.07, 6.45) is 0.776. The second-order valence-electron chi connectivity index (χ2n) is 4.98. The highest BCUT2D eigenvalue weighted by Gasteiger charge is 2.40. The standard InChI is InChI=1S/C14H18N2O2S/c1-10(2)8-12-13(18)16(14(15-12)19-9-17)11-6-4-3-5-7-11/h3-7,9-10,12,14-15H,8H2,1-2H3. The van der Waals surface area contributed by atoms with E-state index in [4.69, 9.17) is 0 Å². The minimum atomic E-state index is -0.309. The fourth-order valence-corrected chi connectivity index (χ4v) is 2.94. The summed E-state index contributed by atoms with van der Waals surface area (Å²) in [5.74, 6) is 0.471. The van der Waals surface area contributed by atoms with Crippen LogP contribution < -0.4 is 10.2 Å². The summed E-state index contributed by atoms with van der Waals surface area (Å²) >= 11 is 1.09. The average Bonchev–Trinajstić information content (AvgIpc) is 2.67. The van der Waals surface area contributed by atoms with E-state index in [-0.39, 0.29) is 17.4 Å². The first kappa shape index (κ1) is 14.1. The van der Waals surface area contributed by atoms with E-state index in [1.54, 1.807) is 4.90 Å². The zero-order valence-corrected chi connectivity index (χ0v) is 11.9. The van der Waals surface area contributed by atoms with Crippen molar-refractivity contribution in [3.63, 3.8) is 0 Å². The largest absolute Gasteiger partial charge is 0.291 e. The molecule has 2 rings (SSSR count). The van der Waals surface area contributed by atoms with Crippen LogP contribution in [0.2, 0.25) is 0 Å². The lowest BCUT2D eigenvalue weighted by Gasteiger charge is -2.21. The van der Waals surface area contributed by atoms with Gasteiger partial charge in [-0.3, -0.25) is 19.8 Å². The molecule has 1 amide bonds. The van der Waals surface area contributed by atoms with E-state index < -0.39 is 0 Å². The lowest BCUT2D eigenvalue weighted by atomic mass is 10.0. The summed E-state index contributed by atoms with van der Waals surface area (Å²) < 4.78 is 0. The third-order valence-corrected chi connectivity index (χ3v) is 3.76. The van der Waals surface area contributed by atoms with Crippen molar-refractivity contribution in [2.45, 2.75) is 31.8 Å². The number of anilines is 1. The summed E-state index contributed by atoms with van der Waals surface area (Å²) in [6, 6.07) is 9.25. The zero-order chi connectivity index (χ0) is 13.8. The predicted octanol–water partition coefficient (Wildman–Crippen LogP) is 2.24. The van der Waals surface area contributed by atoms with Crippen LogP contribution in [0, 0.1) is 5.92 Å². The molecular weight excluding hydrogens is 260 g/mol. The summed E-state index contributed by atoms with van der Waals surface area (Å²) in [5, 5.41) is 3.23. The number of hydrogen-bond donors (Lipinski definition) is 1. The third kappa shape index (κ3) is 3.16. The Morgan fingerprint density at radius 2 is 2.05 bits per heavy atom. The minimum Gasteiger partial charge on any atom is -0.291 e. The molecule has 0 aromatic heterocycles. The number of benzene rings is 1. The number of amides is 1. The molecule has 5 heteroatoms. The average molecular weight is 278 g/mol. The molecule has 1 N–H and O–H groups in total. The second kappa shape index (κ2) is 6.21. The molecule has 1 saturated heterocycles. The van der Waals surface area contributed by atoms with Crippen LogP contribution >= 0.6 is 11.8 Å². The number of thioether (sulfide) groups is 1. The Morgan fingerprint density at radius 1 is 1.37 bits per heavy atom. The quantitative estimate of drug-likeness (QED) is 0.839. The first-order chi connectivity index (χ1) is 9.13. The van der Waals surface area contributed by atoms with Gasteiger partial charge in [0.05, 0.1) is 6.04 Å². The van der Waals surface area contributed by atoms with Gasteiger partial charge in [-0.05, 0) is 24.5 Å². The molecule has 0 spiro atoms. The molecule has 1 heterocycles. The predicted molar refractivity (Wildman–Crippen MR) is 78.4 cm³/mol. The van der Waals surface area contributed by atoms with Crippen LogP contribution in [0.25, 0.3) is 0 Å². The number of carbonyl (C=O) groups excluding carboxylic acids is 2. The van der Waals surface area contributed by atoms with Crippen LogP contribution in [-0.2, 0) is 9.59 Å². The van der Waals surface area contributed by atoms with E-state index in [1.165, 1.54) is 0 Å². The molecular formula is C14H18N2O2S. The monoisotopic (exact) mass is 278 g/mol. The Morgan fingerprint density at radius 3 is 2.63 bits per heavy atom. The number of para-hydroxylation sites is 1. The molecule has 1 aliphatic heterocycles. The molecule has 102 valence electrons. The SMILES string of the molecule is CC(C)CC1NC(SC=O)N(c2ccccc2)C1=O. The molecule has 2 atom stereocenters. The summed E-state index contributed by atoms with van der Waals surface area (Å²) in [5.41, 5.74) is 1.29. The Balaban J connectivity index is 2.23. The highest BCUT2D eigenvalue weighted by molar-refractivity contribution is 8.12. The van der Waals surface area contributed by atoms with Crippen molar-refractivity contribution in [3.05, 3.63) is 30.3 Å². The molecule has 1 aliphatic rings. The zero-order valence-electron chi connectivity index (χ0n) is 11.1. The van der Waals surface area contributed by atoms with E-state index in [1.807, 2.05) is 30.3 Å². The maximum absolute atomic E-state index is 12.5. The summed E-state index contributed by atoms with van der Waals surface area (Å²) in [6.45, 7) is 4.17. The first-order valence-corrected chi connectivity index (χ1v) is 7.31. The number of rotatable bonds is 5. The highest BCUT2D eigenvalue weighted by Crippen LogP contribution is 2.28. The van der Waals surface area contributed by atoms with Gasteiger partial charge in [-0.25, -0.2) is 0 Å². The molecule has 1 fully saturated rings. The fraction of sp³-hybridized carbons (Fsp3) is 0.429. The normalized spacial score (nSPS) is 23.1. The Labute approximate surface area is 117 Å². The van der Waals surface area contributed by atoms with Crippen LogP contribution in [0.4, 0.5) is 5.69 Å². The minimum absolute atomic E-state index is 0.0410. The van der Waals surface area contributed by atoms with Gasteiger partial charge in [-0.15, -0.1) is 0 Å². The van der Waals surface area contributed by atoms with E-state index in [0.717, 1.165) is 29.5 Å². The van der Waals surface area contributed by atoms with Crippen LogP contribution in [0.5, 0.6) is 0 Å². The molecule has 2 unspecified atom stereocenters. The Hall–Kier alpha value is -1.33. The van der Waals surface area contributed by atoms with Gasteiger partial charge < -0.3 is 0 Å². The van der Waals surface area contributed by atoms with Crippen molar-refractivity contribution in [3.8, 4) is 0 Å². The maximum atomic E-state index is 12.5. The van der Waals surface area contributed by atoms with Crippen molar-refractivity contribution in [1.82, 2.24) is 5.32 Å². The lowest BCUT2D eigenvalue weighted by molar-refractivity contribution is -0.118. The van der Waals surface area contributed by atoms with Gasteiger partial charge in [0.2, 0.25) is 5.91 Å². The van der Waals surface area contributed by atoms with E-state index in [2.05, 4.69) is 19.2 Å². The second-order valence-corrected chi connectivity index (χ2v) is 5.89. The lowest BCUT2D eigenvalue weighted by Crippen LogP contribution is -2.34. The highest BCUT2D eigenvalue weighted by atomic mass is 32.2. The fourth-order valence-electron chi connectivity index (χ4n) is 2.25. The van der Waals surface area contributed by atoms with Gasteiger partial charge in [0.15, 0.2) is 5.62 Å². The Bertz CT molecular complexity index is 450. The number of carbonyl (C=O) groups is 2. The number of nitrogens with one attached hydrogen (secondary N) is 1. The smallest absolute Gasteiger partial charge is 0.246 e. The van der Waals surface area contributed by atoms with Crippen LogP contribution in [-0.4, -0.2) is 23.1 Å². The van der Waals surface area contributed by atoms with Crippen molar-refractivity contribution < 1.29 is 9.59 Å². The summed E-state index contributed by atoms with van der Waals surface area (Å²) in [7, 11) is 0. The van der Waals surface area contributed by atoms with Gasteiger partial charge in [0, 0.05) is 5.69 Å². The van der Waals surface area contributed by atoms with Crippen molar-refractivity contribution in [2.75, 3.05) is 4.90 Å². The van der Waals surface area contributed by atoms with Crippen LogP contribution in [0.1, 0.15) is 20.3 Å². The van der Waals surface area contributed by atoms with Crippen molar-refractivity contribution in [1.29, 1.82) is 0 Å². The molecule has 0 bridgehead atoms. The van der Waals surface area contributed by atoms with Gasteiger partial charge in [-0.1, -0.05) is 43.8 Å². The molecule has 1 aromatic rings. The molecule has 0 radical (unpaired) electrons. The van der Waals surface area contributed by atoms with Gasteiger partial charge >= 0.3 is 0 Å². The van der Waals surface area contributed by atoms with Gasteiger partial charge in [0.1, 0.15) is 5.50 Å². The maximum Gasteiger partial charge on any atom is 0.246 e. The molecule has 0 saturated carbocycles. The van der Waals surface area contributed by atoms with Gasteiger partial charge in [0.25, 0.3) is 0 Å². The molecule has 1 aromatic carbocycles. The number of hydrogen-bond acceptors (Lipinski definition) is 4. The number of nitrogens with zero attached hydrogens (tertiary/aromatic N) is 1. The van der Waals surface area contributed by atoms with E-state index >= 15 is 0 Å². The molecule has 0 aliphatic carbocycles. The molecule has 4 nitrogen and oxygen atoms in total. The van der Waals surface area contributed by atoms with Crippen molar-refractivity contribution >= 4 is 29.0 Å².